The lowest BCUT2D eigenvalue weighted by Crippen LogP contribution is -2.62. The Morgan fingerprint density at radius 2 is 1.86 bits per heavy atom. The summed E-state index contributed by atoms with van der Waals surface area (Å²) >= 11 is 0. The number of rotatable bonds is 6. The molecule has 2 aromatic carbocycles. The Balaban J connectivity index is 1.61. The summed E-state index contributed by atoms with van der Waals surface area (Å²) in [5.41, 5.74) is 5.41. The van der Waals surface area contributed by atoms with E-state index in [0.717, 1.165) is 18.4 Å². The van der Waals surface area contributed by atoms with Gasteiger partial charge >= 0.3 is 0 Å². The molecule has 8 heteroatoms. The zero-order valence-electron chi connectivity index (χ0n) is 22.5. The number of benzene rings is 2. The zero-order valence-corrected chi connectivity index (χ0v) is 22.5. The second-order valence-corrected chi connectivity index (χ2v) is 10.8. The molecule has 4 N–H and O–H groups in total. The van der Waals surface area contributed by atoms with Crippen LogP contribution in [-0.4, -0.2) is 44.5 Å². The van der Waals surface area contributed by atoms with Crippen LogP contribution in [0.25, 0.3) is 0 Å². The van der Waals surface area contributed by atoms with Gasteiger partial charge in [-0.15, -0.1) is 0 Å². The summed E-state index contributed by atoms with van der Waals surface area (Å²) in [6, 6.07) is 13.4. The Kier molecular flexibility index (Phi) is 6.84. The molecule has 0 fully saturated rings. The summed E-state index contributed by atoms with van der Waals surface area (Å²) in [7, 11) is 0. The van der Waals surface area contributed by atoms with Crippen molar-refractivity contribution < 1.29 is 19.4 Å². The third-order valence-electron chi connectivity index (χ3n) is 8.33. The van der Waals surface area contributed by atoms with Crippen molar-refractivity contribution >= 4 is 17.8 Å². The Hall–Kier alpha value is -3.39. The van der Waals surface area contributed by atoms with Crippen LogP contribution in [0.2, 0.25) is 0 Å². The fraction of sp³-hybridized carbons (Fsp3) is 0.483. The summed E-state index contributed by atoms with van der Waals surface area (Å²) in [5, 5.41) is 14.5. The number of hydrogen-bond acceptors (Lipinski definition) is 6. The fourth-order valence-electron chi connectivity index (χ4n) is 5.27. The molecule has 0 unspecified atom stereocenters. The smallest absolute Gasteiger partial charge is 0.251 e. The Labute approximate surface area is 218 Å². The third-order valence-corrected chi connectivity index (χ3v) is 8.33. The number of aliphatic hydroxyl groups is 1. The number of carbonyl (C=O) groups is 2. The molecule has 198 valence electrons. The van der Waals surface area contributed by atoms with Crippen LogP contribution in [0.3, 0.4) is 0 Å². The maximum absolute atomic E-state index is 13.5. The lowest BCUT2D eigenvalue weighted by atomic mass is 9.75. The van der Waals surface area contributed by atoms with E-state index in [1.807, 2.05) is 51.1 Å². The molecule has 0 saturated carbocycles. The molecule has 0 aliphatic carbocycles. The molecule has 0 bridgehead atoms. The highest BCUT2D eigenvalue weighted by atomic mass is 16.5. The number of amides is 2. The quantitative estimate of drug-likeness (QED) is 0.542. The standard InChI is InChI=1S/C29H38N4O4/c1-7-29(8-2)17-23(34)33(26(30)32-29)18(3)19-12-11-13-20(16-19)25(35)31-24-21-14-9-10-15-22(21)37-27(4,5)28(24,6)36/h9-16,18,24,36H,7-8,17H2,1-6H3,(H2,30,32)(H,31,35)/t18-,24-,28+/m1/s1. The molecule has 0 saturated heterocycles. The van der Waals surface area contributed by atoms with Crippen molar-refractivity contribution in [1.29, 1.82) is 0 Å². The maximum atomic E-state index is 13.5. The van der Waals surface area contributed by atoms with Crippen molar-refractivity contribution in [2.45, 2.75) is 89.6 Å². The first-order valence-corrected chi connectivity index (χ1v) is 12.9. The van der Waals surface area contributed by atoms with E-state index in [9.17, 15) is 14.7 Å². The van der Waals surface area contributed by atoms with E-state index in [0.29, 0.717) is 23.3 Å². The normalized spacial score (nSPS) is 24.9. The van der Waals surface area contributed by atoms with Crippen LogP contribution in [0, 0.1) is 0 Å². The molecule has 2 aromatic rings. The first-order valence-electron chi connectivity index (χ1n) is 12.9. The molecule has 2 aliphatic heterocycles. The van der Waals surface area contributed by atoms with Crippen LogP contribution in [0.4, 0.5) is 0 Å². The number of guanidine groups is 1. The van der Waals surface area contributed by atoms with Crippen LogP contribution in [0.15, 0.2) is 53.5 Å². The van der Waals surface area contributed by atoms with E-state index < -0.39 is 28.8 Å². The lowest BCUT2D eigenvalue weighted by molar-refractivity contribution is -0.137. The van der Waals surface area contributed by atoms with Crippen LogP contribution in [-0.2, 0) is 4.79 Å². The van der Waals surface area contributed by atoms with Gasteiger partial charge < -0.3 is 20.9 Å². The number of nitrogens with zero attached hydrogens (tertiary/aromatic N) is 2. The second kappa shape index (κ2) is 9.49. The van der Waals surface area contributed by atoms with Crippen molar-refractivity contribution in [3.63, 3.8) is 0 Å². The highest BCUT2D eigenvalue weighted by molar-refractivity contribution is 5.99. The number of fused-ring (bicyclic) bond motifs is 1. The molecule has 2 heterocycles. The highest BCUT2D eigenvalue weighted by Crippen LogP contribution is 2.46. The zero-order chi connectivity index (χ0) is 27.2. The lowest BCUT2D eigenvalue weighted by Gasteiger charge is -2.49. The predicted octanol–water partition coefficient (Wildman–Crippen LogP) is 4.25. The van der Waals surface area contributed by atoms with Crippen LogP contribution in [0.1, 0.15) is 94.4 Å². The average molecular weight is 507 g/mol. The van der Waals surface area contributed by atoms with Crippen molar-refractivity contribution in [2.75, 3.05) is 0 Å². The minimum absolute atomic E-state index is 0.0735. The molecule has 37 heavy (non-hydrogen) atoms. The number of para-hydroxylation sites is 1. The number of nitrogens with two attached hydrogens (primary N) is 1. The Bertz CT molecular complexity index is 1230. The minimum atomic E-state index is -1.38. The van der Waals surface area contributed by atoms with Crippen LogP contribution in [0.5, 0.6) is 5.75 Å². The van der Waals surface area contributed by atoms with Gasteiger partial charge in [-0.25, -0.2) is 4.99 Å². The monoisotopic (exact) mass is 506 g/mol. The topological polar surface area (TPSA) is 117 Å². The molecule has 2 amide bonds. The van der Waals surface area contributed by atoms with Crippen molar-refractivity contribution in [1.82, 2.24) is 10.2 Å². The number of carbonyl (C=O) groups excluding carboxylic acids is 2. The Morgan fingerprint density at radius 1 is 1.19 bits per heavy atom. The first kappa shape index (κ1) is 26.7. The largest absolute Gasteiger partial charge is 0.484 e. The summed E-state index contributed by atoms with van der Waals surface area (Å²) in [5.74, 6) is 0.421. The third kappa shape index (κ3) is 4.59. The van der Waals surface area contributed by atoms with Gasteiger partial charge in [0.2, 0.25) is 5.91 Å². The van der Waals surface area contributed by atoms with Gasteiger partial charge in [0.15, 0.2) is 5.96 Å². The van der Waals surface area contributed by atoms with Gasteiger partial charge in [0.05, 0.1) is 24.0 Å². The molecule has 0 spiro atoms. The highest BCUT2D eigenvalue weighted by Gasteiger charge is 2.53. The summed E-state index contributed by atoms with van der Waals surface area (Å²) < 4.78 is 6.06. The SMILES string of the molecule is CCC1(CC)CC(=O)N([C@H](C)c2cccc(C(=O)N[C@@H]3c4ccccc4OC(C)(C)[C@@]3(C)O)c2)C(N)=N1. The summed E-state index contributed by atoms with van der Waals surface area (Å²) in [6.45, 7) is 11.2. The minimum Gasteiger partial charge on any atom is -0.484 e. The number of nitrogens with one attached hydrogen (secondary N) is 1. The molecule has 2 aliphatic rings. The number of ether oxygens (including phenoxy) is 1. The van der Waals surface area contributed by atoms with E-state index >= 15 is 0 Å². The summed E-state index contributed by atoms with van der Waals surface area (Å²) in [4.78, 5) is 32.8. The molecular formula is C29H38N4O4. The molecule has 0 aromatic heterocycles. The maximum Gasteiger partial charge on any atom is 0.251 e. The second-order valence-electron chi connectivity index (χ2n) is 10.8. The van der Waals surface area contributed by atoms with Gasteiger partial charge in [0.1, 0.15) is 17.0 Å². The summed E-state index contributed by atoms with van der Waals surface area (Å²) in [6.07, 6.45) is 1.78. The van der Waals surface area contributed by atoms with E-state index in [1.165, 1.54) is 4.90 Å². The Morgan fingerprint density at radius 3 is 2.51 bits per heavy atom. The molecule has 4 rings (SSSR count). The molecule has 3 atom stereocenters. The van der Waals surface area contributed by atoms with Gasteiger partial charge in [-0.1, -0.05) is 44.2 Å². The van der Waals surface area contributed by atoms with Gasteiger partial charge in [-0.2, -0.15) is 0 Å². The van der Waals surface area contributed by atoms with Gasteiger partial charge in [-0.3, -0.25) is 14.5 Å². The number of hydrogen-bond donors (Lipinski definition) is 3. The van der Waals surface area contributed by atoms with Crippen LogP contribution < -0.4 is 15.8 Å². The first-order chi connectivity index (χ1) is 17.4. The van der Waals surface area contributed by atoms with Crippen molar-refractivity contribution in [3.8, 4) is 5.75 Å². The van der Waals surface area contributed by atoms with Gasteiger partial charge in [0, 0.05) is 11.1 Å². The van der Waals surface area contributed by atoms with E-state index in [2.05, 4.69) is 5.32 Å². The van der Waals surface area contributed by atoms with E-state index in [4.69, 9.17) is 15.5 Å². The predicted molar refractivity (Wildman–Crippen MR) is 143 cm³/mol. The average Bonchev–Trinajstić information content (AvgIpc) is 2.86. The van der Waals surface area contributed by atoms with E-state index in [1.54, 1.807) is 39.0 Å². The van der Waals surface area contributed by atoms with Crippen molar-refractivity contribution in [2.24, 2.45) is 10.7 Å². The molecule has 8 nitrogen and oxygen atoms in total. The van der Waals surface area contributed by atoms with Crippen LogP contribution >= 0.6 is 0 Å². The van der Waals surface area contributed by atoms with Gasteiger partial charge in [0.25, 0.3) is 5.91 Å². The van der Waals surface area contributed by atoms with E-state index in [-0.39, 0.29) is 17.8 Å². The molecular weight excluding hydrogens is 468 g/mol. The van der Waals surface area contributed by atoms with Gasteiger partial charge in [-0.05, 0) is 64.3 Å². The molecule has 0 radical (unpaired) electrons. The fourth-order valence-corrected chi connectivity index (χ4v) is 5.27. The number of aliphatic imine (C=N–C) groups is 1. The van der Waals surface area contributed by atoms with Crippen molar-refractivity contribution in [3.05, 3.63) is 65.2 Å².